The summed E-state index contributed by atoms with van der Waals surface area (Å²) in [6, 6.07) is 21.0. The van der Waals surface area contributed by atoms with Crippen molar-refractivity contribution in [2.45, 2.75) is 37.0 Å². The number of nitrogens with zero attached hydrogens (tertiary/aromatic N) is 1. The van der Waals surface area contributed by atoms with Crippen LogP contribution < -0.4 is 0 Å². The molecule has 5 rings (SSSR count). The van der Waals surface area contributed by atoms with Crippen LogP contribution in [0.1, 0.15) is 30.9 Å². The molecule has 0 saturated carbocycles. The quantitative estimate of drug-likeness (QED) is 0.773. The molecule has 0 N–H and O–H groups in total. The fraction of sp³-hybridized carbons (Fsp3) is 0.348. The van der Waals surface area contributed by atoms with E-state index >= 15 is 0 Å². The van der Waals surface area contributed by atoms with Crippen LogP contribution in [0.25, 0.3) is 0 Å². The minimum atomic E-state index is -0.439. The van der Waals surface area contributed by atoms with Crippen LogP contribution in [-0.2, 0) is 15.1 Å². The Hall–Kier alpha value is -2.39. The van der Waals surface area contributed by atoms with Crippen LogP contribution in [-0.4, -0.2) is 29.1 Å². The van der Waals surface area contributed by atoms with Gasteiger partial charge in [0.1, 0.15) is 5.60 Å². The van der Waals surface area contributed by atoms with E-state index in [-0.39, 0.29) is 17.6 Å². The number of rotatable bonds is 2. The van der Waals surface area contributed by atoms with Gasteiger partial charge in [0.05, 0.1) is 18.2 Å². The molecular formula is C23H23NO2. The molecule has 2 saturated heterocycles. The van der Waals surface area contributed by atoms with Crippen molar-refractivity contribution < 1.29 is 9.53 Å². The van der Waals surface area contributed by atoms with Crippen molar-refractivity contribution in [3.05, 3.63) is 83.9 Å². The molecule has 1 spiro atoms. The number of likely N-dealkylation sites (tertiary alicyclic amines) is 1. The average molecular weight is 345 g/mol. The fourth-order valence-electron chi connectivity index (χ4n) is 5.32. The van der Waals surface area contributed by atoms with E-state index < -0.39 is 5.54 Å². The maximum Gasteiger partial charge on any atom is 0.220 e. The number of fused-ring (bicyclic) bond motifs is 1. The zero-order valence-electron chi connectivity index (χ0n) is 15.0. The molecular weight excluding hydrogens is 322 g/mol. The molecule has 132 valence electrons. The standard InChI is InChI=1S/C23H23NO2/c1-17(25)24-16-22-13-12-21(26-22)14-20(22)15-23(24,18-8-4-2-5-9-18)19-10-6-3-7-11-19/h2-13,20-21H,14-16H2,1H3/t20-,21-,22+/m1/s1. The molecule has 26 heavy (non-hydrogen) atoms. The molecule has 1 amide bonds. The van der Waals surface area contributed by atoms with Crippen molar-refractivity contribution >= 4 is 5.91 Å². The number of carbonyl (C=O) groups excluding carboxylic acids is 1. The predicted octanol–water partition coefficient (Wildman–Crippen LogP) is 3.90. The molecule has 3 aliphatic heterocycles. The van der Waals surface area contributed by atoms with E-state index in [1.54, 1.807) is 6.92 Å². The topological polar surface area (TPSA) is 29.5 Å². The van der Waals surface area contributed by atoms with Gasteiger partial charge >= 0.3 is 0 Å². The molecule has 0 aromatic heterocycles. The summed E-state index contributed by atoms with van der Waals surface area (Å²) in [7, 11) is 0. The van der Waals surface area contributed by atoms with E-state index in [4.69, 9.17) is 4.74 Å². The second-order valence-electron chi connectivity index (χ2n) is 7.80. The van der Waals surface area contributed by atoms with Crippen molar-refractivity contribution in [3.63, 3.8) is 0 Å². The smallest absolute Gasteiger partial charge is 0.220 e. The summed E-state index contributed by atoms with van der Waals surface area (Å²) in [5.74, 6) is 0.520. The number of carbonyl (C=O) groups is 1. The van der Waals surface area contributed by atoms with Gasteiger partial charge in [0.2, 0.25) is 5.91 Å². The first kappa shape index (κ1) is 15.8. The van der Waals surface area contributed by atoms with Gasteiger partial charge in [-0.15, -0.1) is 0 Å². The highest BCUT2D eigenvalue weighted by Crippen LogP contribution is 2.56. The first-order chi connectivity index (χ1) is 12.6. The van der Waals surface area contributed by atoms with Crippen LogP contribution in [0.2, 0.25) is 0 Å². The molecule has 3 nitrogen and oxygen atoms in total. The van der Waals surface area contributed by atoms with E-state index in [2.05, 4.69) is 60.7 Å². The molecule has 3 heteroatoms. The van der Waals surface area contributed by atoms with Crippen LogP contribution in [0.15, 0.2) is 72.8 Å². The summed E-state index contributed by atoms with van der Waals surface area (Å²) in [6.07, 6.45) is 6.52. The largest absolute Gasteiger partial charge is 0.361 e. The van der Waals surface area contributed by atoms with Crippen molar-refractivity contribution in [1.29, 1.82) is 0 Å². The van der Waals surface area contributed by atoms with Gasteiger partial charge < -0.3 is 9.64 Å². The third-order valence-corrected chi connectivity index (χ3v) is 6.46. The summed E-state index contributed by atoms with van der Waals surface area (Å²) in [5, 5.41) is 0. The predicted molar refractivity (Wildman–Crippen MR) is 101 cm³/mol. The Bertz CT molecular complexity index is 821. The Kier molecular flexibility index (Phi) is 3.38. The normalized spacial score (nSPS) is 31.0. The molecule has 3 aliphatic rings. The van der Waals surface area contributed by atoms with Gasteiger partial charge in [-0.2, -0.15) is 0 Å². The number of hydrogen-bond acceptors (Lipinski definition) is 2. The summed E-state index contributed by atoms with van der Waals surface area (Å²) >= 11 is 0. The Morgan fingerprint density at radius 2 is 1.65 bits per heavy atom. The number of amides is 1. The van der Waals surface area contributed by atoms with E-state index in [1.165, 1.54) is 11.1 Å². The zero-order valence-corrected chi connectivity index (χ0v) is 15.0. The van der Waals surface area contributed by atoms with Gasteiger partial charge in [-0.3, -0.25) is 4.79 Å². The number of piperidine rings is 1. The lowest BCUT2D eigenvalue weighted by Gasteiger charge is -2.54. The van der Waals surface area contributed by atoms with Crippen molar-refractivity contribution in [3.8, 4) is 0 Å². The van der Waals surface area contributed by atoms with E-state index in [0.717, 1.165) is 12.8 Å². The number of benzene rings is 2. The van der Waals surface area contributed by atoms with Gasteiger partial charge in [0, 0.05) is 6.92 Å². The Morgan fingerprint density at radius 3 is 2.19 bits per heavy atom. The third-order valence-electron chi connectivity index (χ3n) is 6.46. The SMILES string of the molecule is CC(=O)N1C[C@@]23C=C[C@H](C[C@@H]2CC1(c1ccccc1)c1ccccc1)O3. The molecule has 2 fully saturated rings. The summed E-state index contributed by atoms with van der Waals surface area (Å²) in [5.41, 5.74) is 1.63. The first-order valence-corrected chi connectivity index (χ1v) is 9.40. The fourth-order valence-corrected chi connectivity index (χ4v) is 5.32. The third kappa shape index (κ3) is 2.07. The second-order valence-corrected chi connectivity index (χ2v) is 7.80. The Balaban J connectivity index is 1.72. The molecule has 3 atom stereocenters. The van der Waals surface area contributed by atoms with Gasteiger partial charge in [-0.25, -0.2) is 0 Å². The lowest BCUT2D eigenvalue weighted by atomic mass is 9.65. The molecule has 0 aliphatic carbocycles. The molecule has 3 heterocycles. The van der Waals surface area contributed by atoms with Gasteiger partial charge in [-0.05, 0) is 29.9 Å². The van der Waals surface area contributed by atoms with Gasteiger partial charge in [0.25, 0.3) is 0 Å². The Labute approximate surface area is 154 Å². The summed E-state index contributed by atoms with van der Waals surface area (Å²) < 4.78 is 6.30. The van der Waals surface area contributed by atoms with Crippen molar-refractivity contribution in [1.82, 2.24) is 4.90 Å². The van der Waals surface area contributed by atoms with E-state index in [9.17, 15) is 4.79 Å². The Morgan fingerprint density at radius 1 is 1.04 bits per heavy atom. The van der Waals surface area contributed by atoms with Crippen LogP contribution in [0.5, 0.6) is 0 Å². The van der Waals surface area contributed by atoms with Gasteiger partial charge in [0.15, 0.2) is 0 Å². The highest BCUT2D eigenvalue weighted by Gasteiger charge is 2.60. The minimum absolute atomic E-state index is 0.0953. The van der Waals surface area contributed by atoms with Crippen molar-refractivity contribution in [2.75, 3.05) is 6.54 Å². The zero-order chi connectivity index (χ0) is 17.8. The van der Waals surface area contributed by atoms with Gasteiger partial charge in [-0.1, -0.05) is 72.8 Å². The van der Waals surface area contributed by atoms with E-state index in [0.29, 0.717) is 12.5 Å². The van der Waals surface area contributed by atoms with Crippen molar-refractivity contribution in [2.24, 2.45) is 5.92 Å². The number of ether oxygens (including phenoxy) is 1. The highest BCUT2D eigenvalue weighted by atomic mass is 16.5. The average Bonchev–Trinajstić information content (AvgIpc) is 3.25. The maximum atomic E-state index is 12.9. The summed E-state index contributed by atoms with van der Waals surface area (Å²) in [6.45, 7) is 2.30. The summed E-state index contributed by atoms with van der Waals surface area (Å²) in [4.78, 5) is 14.9. The molecule has 2 bridgehead atoms. The lowest BCUT2D eigenvalue weighted by Crippen LogP contribution is -2.62. The van der Waals surface area contributed by atoms with Crippen LogP contribution in [0, 0.1) is 5.92 Å². The van der Waals surface area contributed by atoms with E-state index in [1.807, 2.05) is 17.0 Å². The minimum Gasteiger partial charge on any atom is -0.361 e. The molecule has 0 unspecified atom stereocenters. The first-order valence-electron chi connectivity index (χ1n) is 9.40. The van der Waals surface area contributed by atoms with Crippen LogP contribution >= 0.6 is 0 Å². The number of hydrogen-bond donors (Lipinski definition) is 0. The maximum absolute atomic E-state index is 12.9. The lowest BCUT2D eigenvalue weighted by molar-refractivity contribution is -0.147. The monoisotopic (exact) mass is 345 g/mol. The molecule has 2 aromatic carbocycles. The highest BCUT2D eigenvalue weighted by molar-refractivity contribution is 5.76. The van der Waals surface area contributed by atoms with Crippen LogP contribution in [0.4, 0.5) is 0 Å². The van der Waals surface area contributed by atoms with Crippen LogP contribution in [0.3, 0.4) is 0 Å². The molecule has 0 radical (unpaired) electrons. The molecule has 2 aromatic rings. The second kappa shape index (κ2) is 5.55.